The van der Waals surface area contributed by atoms with Crippen LogP contribution in [0.2, 0.25) is 0 Å². The average Bonchev–Trinajstić information content (AvgIpc) is 3.63. The highest BCUT2D eigenvalue weighted by Crippen LogP contribution is 2.44. The lowest BCUT2D eigenvalue weighted by Gasteiger charge is -2.17. The minimum Gasteiger partial charge on any atom is -0.309 e. The van der Waals surface area contributed by atoms with Crippen LogP contribution in [0.4, 0.5) is 0 Å². The van der Waals surface area contributed by atoms with Crippen LogP contribution in [0.5, 0.6) is 0 Å². The molecule has 57 heavy (non-hydrogen) atoms. The molecule has 0 aliphatic carbocycles. The van der Waals surface area contributed by atoms with Crippen molar-refractivity contribution in [2.24, 2.45) is 0 Å². The molecule has 0 unspecified atom stereocenters. The van der Waals surface area contributed by atoms with Gasteiger partial charge in [-0.05, 0) is 108 Å². The van der Waals surface area contributed by atoms with E-state index in [2.05, 4.69) is 173 Å². The van der Waals surface area contributed by atoms with Crippen molar-refractivity contribution < 1.29 is 0 Å². The van der Waals surface area contributed by atoms with Crippen LogP contribution < -0.4 is 0 Å². The highest BCUT2D eigenvalue weighted by molar-refractivity contribution is 6.39. The normalized spacial score (nSPS) is 11.9. The lowest BCUT2D eigenvalue weighted by atomic mass is 9.87. The molecule has 12 aromatic rings. The van der Waals surface area contributed by atoms with Gasteiger partial charge < -0.3 is 4.57 Å². The summed E-state index contributed by atoms with van der Waals surface area (Å²) in [4.78, 5) is 20.2. The predicted octanol–water partition coefficient (Wildman–Crippen LogP) is 13.1. The van der Waals surface area contributed by atoms with E-state index in [0.29, 0.717) is 23.2 Å². The van der Waals surface area contributed by atoms with Crippen molar-refractivity contribution in [1.29, 1.82) is 0 Å². The molecule has 5 nitrogen and oxygen atoms in total. The average molecular weight is 726 g/mol. The van der Waals surface area contributed by atoms with Gasteiger partial charge in [-0.2, -0.15) is 0 Å². The van der Waals surface area contributed by atoms with Crippen molar-refractivity contribution in [1.82, 2.24) is 24.5 Å². The molecular formula is C52H31N5. The first-order valence-corrected chi connectivity index (χ1v) is 19.2. The van der Waals surface area contributed by atoms with Crippen molar-refractivity contribution in [3.8, 4) is 40.0 Å². The third-order valence-corrected chi connectivity index (χ3v) is 11.4. The topological polar surface area (TPSA) is 56.5 Å². The molecule has 3 aromatic heterocycles. The number of benzene rings is 9. The molecule has 0 aliphatic heterocycles. The van der Waals surface area contributed by atoms with Crippen LogP contribution in [-0.4, -0.2) is 24.5 Å². The zero-order chi connectivity index (χ0) is 37.5. The van der Waals surface area contributed by atoms with E-state index in [1.54, 1.807) is 6.20 Å². The Bertz CT molecular complexity index is 3560. The molecule has 0 N–H and O–H groups in total. The quantitative estimate of drug-likeness (QED) is 0.170. The summed E-state index contributed by atoms with van der Waals surface area (Å²) >= 11 is 0. The molecule has 0 fully saturated rings. The summed E-state index contributed by atoms with van der Waals surface area (Å²) in [5.41, 5.74) is 5.91. The smallest absolute Gasteiger partial charge is 0.182 e. The molecular weight excluding hydrogens is 695 g/mol. The summed E-state index contributed by atoms with van der Waals surface area (Å²) < 4.78 is 2.32. The standard InChI is InChI=1S/C52H31N5/c1-2-14-34(15-3-1)57-46-24-11-10-19-39(46)43-30-33(26-28-47(43)57)51-54-50(55-52(56-51)45-23-12-13-29-53-45)32-25-27-38-37-18-6-8-21-41(37)48-40-20-7-4-16-35(40)36-17-5-9-22-42(36)49(48)44(38)31-32/h1-31H. The molecule has 9 aromatic carbocycles. The summed E-state index contributed by atoms with van der Waals surface area (Å²) in [5.74, 6) is 1.72. The van der Waals surface area contributed by atoms with Crippen LogP contribution in [-0.2, 0) is 0 Å². The molecule has 264 valence electrons. The minimum atomic E-state index is 0.530. The Balaban J connectivity index is 1.13. The summed E-state index contributed by atoms with van der Waals surface area (Å²) in [7, 11) is 0. The third kappa shape index (κ3) is 4.82. The van der Waals surface area contributed by atoms with E-state index < -0.39 is 0 Å². The van der Waals surface area contributed by atoms with E-state index in [9.17, 15) is 0 Å². The number of pyridine rings is 1. The van der Waals surface area contributed by atoms with Crippen LogP contribution >= 0.6 is 0 Å². The van der Waals surface area contributed by atoms with Crippen LogP contribution in [0, 0.1) is 0 Å². The van der Waals surface area contributed by atoms with Gasteiger partial charge >= 0.3 is 0 Å². The molecule has 0 atom stereocenters. The van der Waals surface area contributed by atoms with Crippen molar-refractivity contribution >= 4 is 75.7 Å². The first kappa shape index (κ1) is 31.6. The zero-order valence-corrected chi connectivity index (χ0v) is 30.6. The lowest BCUT2D eigenvalue weighted by Crippen LogP contribution is -2.01. The molecule has 0 aliphatic rings. The molecule has 0 bridgehead atoms. The Morgan fingerprint density at radius 1 is 0.316 bits per heavy atom. The maximum atomic E-state index is 5.26. The van der Waals surface area contributed by atoms with Crippen molar-refractivity contribution in [3.63, 3.8) is 0 Å². The van der Waals surface area contributed by atoms with Gasteiger partial charge in [-0.3, -0.25) is 4.98 Å². The fraction of sp³-hybridized carbons (Fsp3) is 0. The van der Waals surface area contributed by atoms with Gasteiger partial charge in [0.25, 0.3) is 0 Å². The molecule has 3 heterocycles. The number of rotatable bonds is 4. The second-order valence-corrected chi connectivity index (χ2v) is 14.6. The van der Waals surface area contributed by atoms with E-state index in [1.165, 1.54) is 59.2 Å². The van der Waals surface area contributed by atoms with E-state index in [0.717, 1.165) is 33.2 Å². The van der Waals surface area contributed by atoms with Crippen LogP contribution in [0.25, 0.3) is 116 Å². The number of para-hydroxylation sites is 2. The van der Waals surface area contributed by atoms with Crippen molar-refractivity contribution in [3.05, 3.63) is 188 Å². The number of aromatic nitrogens is 5. The van der Waals surface area contributed by atoms with Gasteiger partial charge in [0, 0.05) is 33.8 Å². The first-order valence-electron chi connectivity index (χ1n) is 19.2. The van der Waals surface area contributed by atoms with Gasteiger partial charge in [-0.15, -0.1) is 0 Å². The van der Waals surface area contributed by atoms with Gasteiger partial charge in [0.05, 0.1) is 11.0 Å². The molecule has 0 spiro atoms. The van der Waals surface area contributed by atoms with Crippen molar-refractivity contribution in [2.45, 2.75) is 0 Å². The van der Waals surface area contributed by atoms with Gasteiger partial charge in [0.2, 0.25) is 0 Å². The summed E-state index contributed by atoms with van der Waals surface area (Å²) in [6, 6.07) is 64.5. The van der Waals surface area contributed by atoms with Crippen LogP contribution in [0.15, 0.2) is 188 Å². The molecule has 12 rings (SSSR count). The van der Waals surface area contributed by atoms with Gasteiger partial charge in [0.1, 0.15) is 5.69 Å². The molecule has 5 heteroatoms. The molecule has 0 amide bonds. The van der Waals surface area contributed by atoms with E-state index in [-0.39, 0.29) is 0 Å². The number of hydrogen-bond acceptors (Lipinski definition) is 4. The maximum Gasteiger partial charge on any atom is 0.182 e. The SMILES string of the molecule is c1ccc(-n2c3ccccc3c3cc(-c4nc(-c5ccc6c7ccccc7c7c8ccccc8c8ccccc8c7c6c5)nc(-c5ccccn5)n4)ccc32)cc1. The summed E-state index contributed by atoms with van der Waals surface area (Å²) in [6.07, 6.45) is 1.78. The monoisotopic (exact) mass is 725 g/mol. The number of fused-ring (bicyclic) bond motifs is 14. The van der Waals surface area contributed by atoms with Crippen LogP contribution in [0.1, 0.15) is 0 Å². The van der Waals surface area contributed by atoms with E-state index in [1.807, 2.05) is 18.2 Å². The Morgan fingerprint density at radius 2 is 0.789 bits per heavy atom. The highest BCUT2D eigenvalue weighted by atomic mass is 15.0. The fourth-order valence-corrected chi connectivity index (χ4v) is 8.97. The Morgan fingerprint density at radius 3 is 1.42 bits per heavy atom. The van der Waals surface area contributed by atoms with Crippen molar-refractivity contribution in [2.75, 3.05) is 0 Å². The maximum absolute atomic E-state index is 5.26. The Kier molecular flexibility index (Phi) is 6.86. The van der Waals surface area contributed by atoms with E-state index >= 15 is 0 Å². The minimum absolute atomic E-state index is 0.530. The Labute approximate surface area is 327 Å². The van der Waals surface area contributed by atoms with Gasteiger partial charge in [-0.25, -0.2) is 15.0 Å². The second kappa shape index (κ2) is 12.4. The molecule has 0 radical (unpaired) electrons. The number of nitrogens with zero attached hydrogens (tertiary/aromatic N) is 5. The third-order valence-electron chi connectivity index (χ3n) is 11.4. The van der Waals surface area contributed by atoms with Crippen LogP contribution in [0.3, 0.4) is 0 Å². The molecule has 0 saturated heterocycles. The van der Waals surface area contributed by atoms with E-state index in [4.69, 9.17) is 15.0 Å². The fourth-order valence-electron chi connectivity index (χ4n) is 8.97. The van der Waals surface area contributed by atoms with Gasteiger partial charge in [0.15, 0.2) is 17.5 Å². The lowest BCUT2D eigenvalue weighted by molar-refractivity contribution is 1.06. The zero-order valence-electron chi connectivity index (χ0n) is 30.6. The summed E-state index contributed by atoms with van der Waals surface area (Å²) in [5, 5.41) is 14.6. The second-order valence-electron chi connectivity index (χ2n) is 14.6. The summed E-state index contributed by atoms with van der Waals surface area (Å²) in [6.45, 7) is 0. The number of hydrogen-bond donors (Lipinski definition) is 0. The molecule has 0 saturated carbocycles. The largest absolute Gasteiger partial charge is 0.309 e. The van der Waals surface area contributed by atoms with Gasteiger partial charge in [-0.1, -0.05) is 127 Å². The highest BCUT2D eigenvalue weighted by Gasteiger charge is 2.20. The first-order chi connectivity index (χ1) is 28.3. The Hall–Kier alpha value is -7.76. The predicted molar refractivity (Wildman–Crippen MR) is 236 cm³/mol.